The first-order valence-electron chi connectivity index (χ1n) is 7.63. The van der Waals surface area contributed by atoms with Gasteiger partial charge in [-0.25, -0.2) is 4.98 Å². The van der Waals surface area contributed by atoms with E-state index in [1.165, 1.54) is 0 Å². The predicted octanol–water partition coefficient (Wildman–Crippen LogP) is -1.18. The zero-order valence-corrected chi connectivity index (χ0v) is 12.5. The lowest BCUT2D eigenvalue weighted by Gasteiger charge is -2.21. The number of carbonyl (C=O) groups excluding carboxylic acids is 1. The second kappa shape index (κ2) is 6.45. The smallest absolute Gasteiger partial charge is 0.234 e. The lowest BCUT2D eigenvalue weighted by molar-refractivity contribution is -0.122. The van der Waals surface area contributed by atoms with Gasteiger partial charge in [0.05, 0.1) is 12.6 Å². The number of aliphatic hydroxyl groups excluding tert-OH is 1. The van der Waals surface area contributed by atoms with E-state index in [0.717, 1.165) is 12.8 Å². The molecule has 1 amide bonds. The molecule has 0 bridgehead atoms. The minimum Gasteiger partial charge on any atom is -0.390 e. The Balaban J connectivity index is 1.58. The van der Waals surface area contributed by atoms with Crippen LogP contribution in [-0.2, 0) is 4.79 Å². The Bertz CT molecular complexity index is 536. The van der Waals surface area contributed by atoms with Crippen LogP contribution in [0.25, 0.3) is 0 Å². The highest BCUT2D eigenvalue weighted by molar-refractivity contribution is 5.78. The van der Waals surface area contributed by atoms with E-state index in [-0.39, 0.29) is 5.91 Å². The van der Waals surface area contributed by atoms with Crippen molar-refractivity contribution in [3.63, 3.8) is 0 Å². The van der Waals surface area contributed by atoms with Crippen molar-refractivity contribution >= 4 is 17.7 Å². The Morgan fingerprint density at radius 2 is 2.23 bits per heavy atom. The number of nitrogens with one attached hydrogen (secondary N) is 1. The van der Waals surface area contributed by atoms with E-state index in [2.05, 4.69) is 15.3 Å². The lowest BCUT2D eigenvalue weighted by atomic mass is 10.3. The van der Waals surface area contributed by atoms with Crippen LogP contribution < -0.4 is 16.0 Å². The number of nitrogens with two attached hydrogens (primary N) is 1. The molecule has 1 aromatic heterocycles. The SMILES string of the molecule is Nc1ccnc(N2CCN(CC(=O)NC3CC3)C[C@@H](O)C2)n1. The average molecular weight is 306 g/mol. The first-order chi connectivity index (χ1) is 10.6. The van der Waals surface area contributed by atoms with Crippen LogP contribution in [0.1, 0.15) is 12.8 Å². The summed E-state index contributed by atoms with van der Waals surface area (Å²) in [6, 6.07) is 1.99. The molecule has 0 unspecified atom stereocenters. The molecule has 1 saturated carbocycles. The maximum absolute atomic E-state index is 11.9. The van der Waals surface area contributed by atoms with E-state index in [9.17, 15) is 9.90 Å². The highest BCUT2D eigenvalue weighted by atomic mass is 16.3. The van der Waals surface area contributed by atoms with Crippen LogP contribution in [-0.4, -0.2) is 70.8 Å². The lowest BCUT2D eigenvalue weighted by Crippen LogP contribution is -2.41. The fraction of sp³-hybridized carbons (Fsp3) is 0.643. The maximum atomic E-state index is 11.9. The Labute approximate surface area is 129 Å². The largest absolute Gasteiger partial charge is 0.390 e. The zero-order chi connectivity index (χ0) is 15.5. The molecule has 3 rings (SSSR count). The van der Waals surface area contributed by atoms with Gasteiger partial charge in [-0.2, -0.15) is 4.98 Å². The number of rotatable bonds is 4. The number of carbonyl (C=O) groups is 1. The van der Waals surface area contributed by atoms with Gasteiger partial charge in [0.15, 0.2) is 0 Å². The number of aromatic nitrogens is 2. The molecule has 4 N–H and O–H groups in total. The first kappa shape index (κ1) is 15.0. The highest BCUT2D eigenvalue weighted by Crippen LogP contribution is 2.18. The molecule has 1 saturated heterocycles. The minimum absolute atomic E-state index is 0.0309. The second-order valence-corrected chi connectivity index (χ2v) is 5.96. The summed E-state index contributed by atoms with van der Waals surface area (Å²) in [6.45, 7) is 2.55. The fourth-order valence-electron chi connectivity index (χ4n) is 2.60. The number of hydrogen-bond acceptors (Lipinski definition) is 7. The van der Waals surface area contributed by atoms with Gasteiger partial charge in [0.25, 0.3) is 0 Å². The predicted molar refractivity (Wildman–Crippen MR) is 82.3 cm³/mol. The number of hydrogen-bond donors (Lipinski definition) is 3. The Morgan fingerprint density at radius 3 is 2.95 bits per heavy atom. The number of nitrogens with zero attached hydrogens (tertiary/aromatic N) is 4. The Hall–Kier alpha value is -1.93. The molecule has 2 aliphatic rings. The number of aliphatic hydroxyl groups is 1. The molecule has 120 valence electrons. The Kier molecular flexibility index (Phi) is 4.39. The zero-order valence-electron chi connectivity index (χ0n) is 12.5. The molecule has 0 spiro atoms. The number of β-amino-alcohol motifs (C(OH)–C–C–N with tert-alkyl or cyclic N) is 1. The second-order valence-electron chi connectivity index (χ2n) is 5.96. The maximum Gasteiger partial charge on any atom is 0.234 e. The van der Waals surface area contributed by atoms with Gasteiger partial charge in [0, 0.05) is 38.4 Å². The van der Waals surface area contributed by atoms with Crippen LogP contribution in [0, 0.1) is 0 Å². The third-order valence-electron chi connectivity index (χ3n) is 3.84. The molecular weight excluding hydrogens is 284 g/mol. The molecule has 2 fully saturated rings. The van der Waals surface area contributed by atoms with Gasteiger partial charge in [-0.3, -0.25) is 9.69 Å². The normalized spacial score (nSPS) is 23.1. The molecule has 22 heavy (non-hydrogen) atoms. The summed E-state index contributed by atoms with van der Waals surface area (Å²) in [5, 5.41) is 13.1. The van der Waals surface area contributed by atoms with Crippen LogP contribution in [0.3, 0.4) is 0 Å². The summed E-state index contributed by atoms with van der Waals surface area (Å²) < 4.78 is 0. The van der Waals surface area contributed by atoms with E-state index in [1.807, 2.05) is 9.80 Å². The molecule has 1 atom stereocenters. The summed E-state index contributed by atoms with van der Waals surface area (Å²) >= 11 is 0. The molecule has 0 radical (unpaired) electrons. The van der Waals surface area contributed by atoms with Crippen molar-refractivity contribution in [1.29, 1.82) is 0 Å². The topological polar surface area (TPSA) is 108 Å². The van der Waals surface area contributed by atoms with Crippen molar-refractivity contribution in [3.8, 4) is 0 Å². The van der Waals surface area contributed by atoms with Gasteiger partial charge in [0.1, 0.15) is 5.82 Å². The van der Waals surface area contributed by atoms with Gasteiger partial charge in [-0.1, -0.05) is 0 Å². The van der Waals surface area contributed by atoms with E-state index < -0.39 is 6.10 Å². The third-order valence-corrected chi connectivity index (χ3v) is 3.84. The summed E-state index contributed by atoms with van der Waals surface area (Å²) in [4.78, 5) is 24.1. The van der Waals surface area contributed by atoms with Crippen molar-refractivity contribution in [3.05, 3.63) is 12.3 Å². The fourth-order valence-corrected chi connectivity index (χ4v) is 2.60. The van der Waals surface area contributed by atoms with Crippen molar-refractivity contribution in [2.45, 2.75) is 25.0 Å². The van der Waals surface area contributed by atoms with Crippen molar-refractivity contribution in [2.24, 2.45) is 0 Å². The molecule has 1 aromatic rings. The van der Waals surface area contributed by atoms with E-state index in [0.29, 0.717) is 50.5 Å². The van der Waals surface area contributed by atoms with Gasteiger partial charge < -0.3 is 21.1 Å². The molecule has 8 heteroatoms. The van der Waals surface area contributed by atoms with Crippen LogP contribution >= 0.6 is 0 Å². The van der Waals surface area contributed by atoms with E-state index in [1.54, 1.807) is 12.3 Å². The first-order valence-corrected chi connectivity index (χ1v) is 7.63. The van der Waals surface area contributed by atoms with Gasteiger partial charge in [0.2, 0.25) is 11.9 Å². The summed E-state index contributed by atoms with van der Waals surface area (Å²) in [5.41, 5.74) is 5.68. The van der Waals surface area contributed by atoms with Crippen molar-refractivity contribution < 1.29 is 9.90 Å². The van der Waals surface area contributed by atoms with Gasteiger partial charge in [-0.05, 0) is 18.9 Å². The van der Waals surface area contributed by atoms with Crippen LogP contribution in [0.4, 0.5) is 11.8 Å². The van der Waals surface area contributed by atoms with Crippen LogP contribution in [0.15, 0.2) is 12.3 Å². The monoisotopic (exact) mass is 306 g/mol. The molecule has 0 aromatic carbocycles. The van der Waals surface area contributed by atoms with Gasteiger partial charge >= 0.3 is 0 Å². The molecular formula is C14H22N6O2. The molecule has 8 nitrogen and oxygen atoms in total. The summed E-state index contributed by atoms with van der Waals surface area (Å²) in [7, 11) is 0. The van der Waals surface area contributed by atoms with Gasteiger partial charge in [-0.15, -0.1) is 0 Å². The molecule has 2 heterocycles. The van der Waals surface area contributed by atoms with E-state index >= 15 is 0 Å². The van der Waals surface area contributed by atoms with Crippen molar-refractivity contribution in [1.82, 2.24) is 20.2 Å². The summed E-state index contributed by atoms with van der Waals surface area (Å²) in [6.07, 6.45) is 3.21. The minimum atomic E-state index is -0.554. The molecule has 1 aliphatic heterocycles. The summed E-state index contributed by atoms with van der Waals surface area (Å²) in [5.74, 6) is 0.955. The average Bonchev–Trinajstić information content (AvgIpc) is 3.27. The van der Waals surface area contributed by atoms with Crippen LogP contribution in [0.5, 0.6) is 0 Å². The Morgan fingerprint density at radius 1 is 1.41 bits per heavy atom. The van der Waals surface area contributed by atoms with E-state index in [4.69, 9.17) is 5.73 Å². The highest BCUT2D eigenvalue weighted by Gasteiger charge is 2.27. The third kappa shape index (κ3) is 4.05. The quantitative estimate of drug-likeness (QED) is 0.642. The number of amides is 1. The number of nitrogen functional groups attached to an aromatic ring is 1. The molecule has 1 aliphatic carbocycles. The standard InChI is InChI=1S/C14H22N6O2/c15-12-3-4-16-14(18-12)20-6-5-19(7-11(21)8-20)9-13(22)17-10-1-2-10/h3-4,10-11,21H,1-2,5-9H2,(H,17,22)(H2,15,16,18)/t11-/m1/s1. The number of anilines is 2. The van der Waals surface area contributed by atoms with Crippen molar-refractivity contribution in [2.75, 3.05) is 43.4 Å². The van der Waals surface area contributed by atoms with Crippen LogP contribution in [0.2, 0.25) is 0 Å².